The zero-order valence-corrected chi connectivity index (χ0v) is 15.4. The number of rotatable bonds is 7. The van der Waals surface area contributed by atoms with Crippen LogP contribution in [0.4, 0.5) is 4.39 Å². The quantitative estimate of drug-likeness (QED) is 0.753. The highest BCUT2D eigenvalue weighted by atomic mass is 19.1. The lowest BCUT2D eigenvalue weighted by molar-refractivity contribution is 0.0787. The van der Waals surface area contributed by atoms with Gasteiger partial charge in [0.2, 0.25) is 5.89 Å². The van der Waals surface area contributed by atoms with Gasteiger partial charge in [0.25, 0.3) is 5.91 Å². The number of oxazole rings is 1. The van der Waals surface area contributed by atoms with E-state index < -0.39 is 0 Å². The molecule has 3 rings (SSSR count). The van der Waals surface area contributed by atoms with Crippen LogP contribution in [0.3, 0.4) is 0 Å². The van der Waals surface area contributed by atoms with Gasteiger partial charge in [-0.05, 0) is 43.9 Å². The molecule has 0 spiro atoms. The lowest BCUT2D eigenvalue weighted by Gasteiger charge is -2.27. The summed E-state index contributed by atoms with van der Waals surface area (Å²) < 4.78 is 18.7. The van der Waals surface area contributed by atoms with Gasteiger partial charge in [0.15, 0.2) is 5.69 Å². The fourth-order valence-electron chi connectivity index (χ4n) is 3.19. The molecule has 1 unspecified atom stereocenters. The molecule has 1 atom stereocenters. The highest BCUT2D eigenvalue weighted by Crippen LogP contribution is 2.17. The molecule has 2 aromatic rings. The third-order valence-corrected chi connectivity index (χ3v) is 5.02. The van der Waals surface area contributed by atoms with Gasteiger partial charge in [-0.3, -0.25) is 9.69 Å². The van der Waals surface area contributed by atoms with Crippen LogP contribution in [0, 0.1) is 5.82 Å². The summed E-state index contributed by atoms with van der Waals surface area (Å²) in [6.45, 7) is 7.05. The number of hydrogen-bond donors (Lipinski definition) is 0. The Labute approximate surface area is 153 Å². The van der Waals surface area contributed by atoms with E-state index in [0.717, 1.165) is 37.9 Å². The van der Waals surface area contributed by atoms with Crippen molar-refractivity contribution in [1.82, 2.24) is 14.8 Å². The Bertz CT molecular complexity index is 723. The Hall–Kier alpha value is -2.21. The van der Waals surface area contributed by atoms with E-state index in [1.165, 1.54) is 18.4 Å². The summed E-state index contributed by atoms with van der Waals surface area (Å²) >= 11 is 0. The summed E-state index contributed by atoms with van der Waals surface area (Å²) in [5.74, 6) is 0.252. The average molecular weight is 359 g/mol. The largest absolute Gasteiger partial charge is 0.447 e. The van der Waals surface area contributed by atoms with Crippen LogP contribution in [0.25, 0.3) is 0 Å². The van der Waals surface area contributed by atoms with Gasteiger partial charge in [0, 0.05) is 25.7 Å². The first-order valence-electron chi connectivity index (χ1n) is 9.29. The normalized spacial score (nSPS) is 15.6. The van der Waals surface area contributed by atoms with Crippen molar-refractivity contribution >= 4 is 5.91 Å². The summed E-state index contributed by atoms with van der Waals surface area (Å²) in [6.07, 6.45) is 4.54. The lowest BCUT2D eigenvalue weighted by atomic mass is 10.1. The van der Waals surface area contributed by atoms with E-state index in [9.17, 15) is 9.18 Å². The molecule has 1 aromatic heterocycles. The zero-order valence-electron chi connectivity index (χ0n) is 15.4. The second-order valence-electron chi connectivity index (χ2n) is 6.91. The SMILES string of the molecule is CCC(C)N(Cc1ccc(F)cc1)Cc1nc(C(=O)N2CCCC2)co1. The van der Waals surface area contributed by atoms with Gasteiger partial charge >= 0.3 is 0 Å². The standard InChI is InChI=1S/C20H26FN3O2/c1-3-15(2)24(12-16-6-8-17(21)9-7-16)13-19-22-18(14-26-19)20(25)23-10-4-5-11-23/h6-9,14-15H,3-5,10-13H2,1-2H3. The van der Waals surface area contributed by atoms with Crippen molar-refractivity contribution in [3.8, 4) is 0 Å². The molecule has 1 aromatic carbocycles. The van der Waals surface area contributed by atoms with Crippen molar-refractivity contribution in [1.29, 1.82) is 0 Å². The molecule has 1 saturated heterocycles. The van der Waals surface area contributed by atoms with Crippen molar-refractivity contribution in [2.24, 2.45) is 0 Å². The summed E-state index contributed by atoms with van der Waals surface area (Å²) in [6, 6.07) is 6.85. The smallest absolute Gasteiger partial charge is 0.275 e. The van der Waals surface area contributed by atoms with Crippen LogP contribution >= 0.6 is 0 Å². The van der Waals surface area contributed by atoms with E-state index in [-0.39, 0.29) is 11.7 Å². The molecule has 1 aliphatic heterocycles. The fraction of sp³-hybridized carbons (Fsp3) is 0.500. The number of benzene rings is 1. The minimum absolute atomic E-state index is 0.0499. The molecular formula is C20H26FN3O2. The maximum atomic E-state index is 13.1. The molecule has 1 aliphatic rings. The number of carbonyl (C=O) groups is 1. The maximum Gasteiger partial charge on any atom is 0.275 e. The van der Waals surface area contributed by atoms with Crippen LogP contribution in [0.5, 0.6) is 0 Å². The Morgan fingerprint density at radius 2 is 1.96 bits per heavy atom. The van der Waals surface area contributed by atoms with E-state index in [0.29, 0.717) is 30.7 Å². The van der Waals surface area contributed by atoms with E-state index in [4.69, 9.17) is 4.42 Å². The van der Waals surface area contributed by atoms with Gasteiger partial charge in [0.05, 0.1) is 6.54 Å². The Balaban J connectivity index is 1.68. The zero-order chi connectivity index (χ0) is 18.5. The van der Waals surface area contributed by atoms with E-state index >= 15 is 0 Å². The van der Waals surface area contributed by atoms with Crippen molar-refractivity contribution in [3.63, 3.8) is 0 Å². The van der Waals surface area contributed by atoms with Crippen molar-refractivity contribution < 1.29 is 13.6 Å². The lowest BCUT2D eigenvalue weighted by Crippen LogP contribution is -2.32. The van der Waals surface area contributed by atoms with Gasteiger partial charge < -0.3 is 9.32 Å². The molecule has 140 valence electrons. The predicted octanol–water partition coefficient (Wildman–Crippen LogP) is 3.85. The molecule has 0 bridgehead atoms. The van der Waals surface area contributed by atoms with Crippen LogP contribution in [0.2, 0.25) is 0 Å². The van der Waals surface area contributed by atoms with Gasteiger partial charge in [-0.25, -0.2) is 9.37 Å². The monoisotopic (exact) mass is 359 g/mol. The van der Waals surface area contributed by atoms with E-state index in [1.54, 1.807) is 12.1 Å². The van der Waals surface area contributed by atoms with Crippen molar-refractivity contribution in [2.45, 2.75) is 52.2 Å². The molecule has 2 heterocycles. The van der Waals surface area contributed by atoms with Gasteiger partial charge in [0.1, 0.15) is 12.1 Å². The molecule has 6 heteroatoms. The first-order chi connectivity index (χ1) is 12.6. The summed E-state index contributed by atoms with van der Waals surface area (Å²) in [4.78, 5) is 20.9. The third-order valence-electron chi connectivity index (χ3n) is 5.02. The second kappa shape index (κ2) is 8.45. The van der Waals surface area contributed by atoms with Crippen LogP contribution < -0.4 is 0 Å². The number of halogens is 1. The van der Waals surface area contributed by atoms with E-state index in [2.05, 4.69) is 23.7 Å². The topological polar surface area (TPSA) is 49.6 Å². The molecule has 1 amide bonds. The van der Waals surface area contributed by atoms with Crippen molar-refractivity contribution in [2.75, 3.05) is 13.1 Å². The maximum absolute atomic E-state index is 13.1. The van der Waals surface area contributed by atoms with Crippen molar-refractivity contribution in [3.05, 3.63) is 53.5 Å². The molecule has 5 nitrogen and oxygen atoms in total. The number of likely N-dealkylation sites (tertiary alicyclic amines) is 1. The number of nitrogens with zero attached hydrogens (tertiary/aromatic N) is 3. The third kappa shape index (κ3) is 4.49. The number of carbonyl (C=O) groups excluding carboxylic acids is 1. The molecular weight excluding hydrogens is 333 g/mol. The minimum atomic E-state index is -0.235. The highest BCUT2D eigenvalue weighted by molar-refractivity contribution is 5.92. The Morgan fingerprint density at radius 1 is 1.27 bits per heavy atom. The summed E-state index contributed by atoms with van der Waals surface area (Å²) in [7, 11) is 0. The average Bonchev–Trinajstić information content (AvgIpc) is 3.33. The van der Waals surface area contributed by atoms with Gasteiger partial charge in [-0.15, -0.1) is 0 Å². The molecule has 0 saturated carbocycles. The summed E-state index contributed by atoms with van der Waals surface area (Å²) in [5.41, 5.74) is 1.42. The molecule has 26 heavy (non-hydrogen) atoms. The molecule has 1 fully saturated rings. The predicted molar refractivity (Wildman–Crippen MR) is 97.0 cm³/mol. The number of amides is 1. The van der Waals surface area contributed by atoms with Crippen LogP contribution in [-0.4, -0.2) is 39.8 Å². The van der Waals surface area contributed by atoms with Crippen LogP contribution in [-0.2, 0) is 13.1 Å². The van der Waals surface area contributed by atoms with Gasteiger partial charge in [-0.2, -0.15) is 0 Å². The molecule has 0 radical (unpaired) electrons. The first-order valence-corrected chi connectivity index (χ1v) is 9.29. The molecule has 0 N–H and O–H groups in total. The highest BCUT2D eigenvalue weighted by Gasteiger charge is 2.23. The Morgan fingerprint density at radius 3 is 2.62 bits per heavy atom. The van der Waals surface area contributed by atoms with Crippen LogP contribution in [0.1, 0.15) is 55.1 Å². The first kappa shape index (κ1) is 18.6. The number of aromatic nitrogens is 1. The molecule has 0 aliphatic carbocycles. The number of hydrogen-bond acceptors (Lipinski definition) is 4. The van der Waals surface area contributed by atoms with E-state index in [1.807, 2.05) is 4.90 Å². The van der Waals surface area contributed by atoms with Crippen LogP contribution in [0.15, 0.2) is 34.9 Å². The minimum Gasteiger partial charge on any atom is -0.447 e. The van der Waals surface area contributed by atoms with Gasteiger partial charge in [-0.1, -0.05) is 19.1 Å². The Kier molecular flexibility index (Phi) is 6.04. The second-order valence-corrected chi connectivity index (χ2v) is 6.91. The summed E-state index contributed by atoms with van der Waals surface area (Å²) in [5, 5.41) is 0. The fourth-order valence-corrected chi connectivity index (χ4v) is 3.19.